The summed E-state index contributed by atoms with van der Waals surface area (Å²) in [6.07, 6.45) is 0. The van der Waals surface area contributed by atoms with Gasteiger partial charge in [-0.2, -0.15) is 0 Å². The van der Waals surface area contributed by atoms with Crippen molar-refractivity contribution < 1.29 is 14.4 Å². The van der Waals surface area contributed by atoms with E-state index < -0.39 is 17.7 Å². The fourth-order valence-electron chi connectivity index (χ4n) is 2.47. The topological polar surface area (TPSA) is 66.5 Å². The Balaban J connectivity index is 1.75. The molecule has 1 aliphatic rings. The van der Waals surface area contributed by atoms with Crippen LogP contribution < -0.4 is 5.32 Å². The Morgan fingerprint density at radius 3 is 2.57 bits per heavy atom. The lowest BCUT2D eigenvalue weighted by atomic mass is 10.1. The largest absolute Gasteiger partial charge is 0.325 e. The molecular formula is C17H13BrN2O3. The van der Waals surface area contributed by atoms with Crippen LogP contribution in [0.4, 0.5) is 5.69 Å². The van der Waals surface area contributed by atoms with E-state index >= 15 is 0 Å². The molecule has 6 heteroatoms. The van der Waals surface area contributed by atoms with Gasteiger partial charge in [-0.1, -0.05) is 28.1 Å². The van der Waals surface area contributed by atoms with E-state index in [1.165, 1.54) is 0 Å². The van der Waals surface area contributed by atoms with Crippen LogP contribution in [0.1, 0.15) is 26.3 Å². The van der Waals surface area contributed by atoms with Crippen LogP contribution in [0.3, 0.4) is 0 Å². The number of aryl methyl sites for hydroxylation is 1. The predicted octanol–water partition coefficient (Wildman–Crippen LogP) is 2.99. The van der Waals surface area contributed by atoms with Crippen LogP contribution >= 0.6 is 15.9 Å². The van der Waals surface area contributed by atoms with E-state index in [1.54, 1.807) is 24.3 Å². The molecule has 0 fully saturated rings. The summed E-state index contributed by atoms with van der Waals surface area (Å²) in [5.74, 6) is -1.31. The lowest BCUT2D eigenvalue weighted by Crippen LogP contribution is -2.37. The molecule has 0 aliphatic carbocycles. The number of carbonyl (C=O) groups is 3. The van der Waals surface area contributed by atoms with Crippen LogP contribution in [-0.2, 0) is 4.79 Å². The summed E-state index contributed by atoms with van der Waals surface area (Å²) in [7, 11) is 0. The number of fused-ring (bicyclic) bond motifs is 1. The molecule has 0 saturated heterocycles. The average Bonchev–Trinajstić information content (AvgIpc) is 2.72. The standard InChI is InChI=1S/C17H13BrN2O3/c1-10-3-2-4-12(7-10)19-15(21)9-20-16(22)13-6-5-11(18)8-14(13)17(20)23/h2-8H,9H2,1H3,(H,19,21). The third-order valence-corrected chi connectivity index (χ3v) is 4.03. The van der Waals surface area contributed by atoms with Gasteiger partial charge in [-0.05, 0) is 42.8 Å². The number of hydrogen-bond acceptors (Lipinski definition) is 3. The van der Waals surface area contributed by atoms with Crippen molar-refractivity contribution in [1.29, 1.82) is 0 Å². The maximum atomic E-state index is 12.3. The van der Waals surface area contributed by atoms with Gasteiger partial charge in [0.25, 0.3) is 11.8 Å². The Morgan fingerprint density at radius 1 is 1.09 bits per heavy atom. The molecule has 1 heterocycles. The minimum absolute atomic E-state index is 0.308. The molecule has 2 aromatic carbocycles. The highest BCUT2D eigenvalue weighted by molar-refractivity contribution is 9.10. The van der Waals surface area contributed by atoms with Gasteiger partial charge in [0.15, 0.2) is 0 Å². The molecule has 0 spiro atoms. The highest BCUT2D eigenvalue weighted by Gasteiger charge is 2.36. The van der Waals surface area contributed by atoms with Crippen LogP contribution in [0.15, 0.2) is 46.9 Å². The number of nitrogens with zero attached hydrogens (tertiary/aromatic N) is 1. The van der Waals surface area contributed by atoms with E-state index in [0.717, 1.165) is 10.5 Å². The predicted molar refractivity (Wildman–Crippen MR) is 89.3 cm³/mol. The van der Waals surface area contributed by atoms with Gasteiger partial charge in [0.05, 0.1) is 11.1 Å². The second kappa shape index (κ2) is 5.96. The number of imide groups is 1. The summed E-state index contributed by atoms with van der Waals surface area (Å²) in [6, 6.07) is 12.2. The van der Waals surface area contributed by atoms with Gasteiger partial charge >= 0.3 is 0 Å². The van der Waals surface area contributed by atoms with E-state index in [2.05, 4.69) is 21.2 Å². The molecule has 0 bridgehead atoms. The van der Waals surface area contributed by atoms with E-state index in [9.17, 15) is 14.4 Å². The van der Waals surface area contributed by atoms with E-state index in [0.29, 0.717) is 21.3 Å². The molecule has 1 aliphatic heterocycles. The molecule has 116 valence electrons. The highest BCUT2D eigenvalue weighted by atomic mass is 79.9. The van der Waals surface area contributed by atoms with Crippen molar-refractivity contribution in [1.82, 2.24) is 4.90 Å². The minimum atomic E-state index is -0.453. The zero-order valence-corrected chi connectivity index (χ0v) is 13.9. The number of carbonyl (C=O) groups excluding carboxylic acids is 3. The number of anilines is 1. The Labute approximate surface area is 141 Å². The normalized spacial score (nSPS) is 13.2. The molecule has 2 aromatic rings. The molecule has 3 amide bonds. The number of halogens is 1. The van der Waals surface area contributed by atoms with Crippen LogP contribution in [0.25, 0.3) is 0 Å². The van der Waals surface area contributed by atoms with Crippen molar-refractivity contribution in [3.63, 3.8) is 0 Å². The van der Waals surface area contributed by atoms with Gasteiger partial charge in [-0.25, -0.2) is 0 Å². The first-order valence-corrected chi connectivity index (χ1v) is 7.77. The molecule has 0 aromatic heterocycles. The van der Waals surface area contributed by atoms with Gasteiger partial charge in [0.1, 0.15) is 6.54 Å². The van der Waals surface area contributed by atoms with Gasteiger partial charge in [-0.3, -0.25) is 19.3 Å². The van der Waals surface area contributed by atoms with E-state index in [4.69, 9.17) is 0 Å². The van der Waals surface area contributed by atoms with Gasteiger partial charge in [0.2, 0.25) is 5.91 Å². The first-order valence-electron chi connectivity index (χ1n) is 6.98. The Hall–Kier alpha value is -2.47. The van der Waals surface area contributed by atoms with Crippen molar-refractivity contribution >= 4 is 39.3 Å². The Bertz CT molecular complexity index is 832. The van der Waals surface area contributed by atoms with Crippen LogP contribution in [-0.4, -0.2) is 29.2 Å². The van der Waals surface area contributed by atoms with E-state index in [1.807, 2.05) is 25.1 Å². The molecule has 0 unspecified atom stereocenters. The first kappa shape index (κ1) is 15.4. The summed E-state index contributed by atoms with van der Waals surface area (Å²) in [5, 5.41) is 2.69. The smallest absolute Gasteiger partial charge is 0.262 e. The Morgan fingerprint density at radius 2 is 1.83 bits per heavy atom. The second-order valence-corrected chi connectivity index (χ2v) is 6.22. The molecule has 0 saturated carbocycles. The van der Waals surface area contributed by atoms with Crippen molar-refractivity contribution in [3.8, 4) is 0 Å². The summed E-state index contributed by atoms with van der Waals surface area (Å²) < 4.78 is 0.712. The maximum absolute atomic E-state index is 12.3. The fourth-order valence-corrected chi connectivity index (χ4v) is 2.83. The van der Waals surface area contributed by atoms with Gasteiger partial charge < -0.3 is 5.32 Å². The maximum Gasteiger partial charge on any atom is 0.262 e. The van der Waals surface area contributed by atoms with Crippen molar-refractivity contribution in [2.75, 3.05) is 11.9 Å². The molecule has 0 atom stereocenters. The third kappa shape index (κ3) is 3.03. The quantitative estimate of drug-likeness (QED) is 0.842. The minimum Gasteiger partial charge on any atom is -0.325 e. The van der Waals surface area contributed by atoms with Crippen molar-refractivity contribution in [2.45, 2.75) is 6.92 Å². The second-order valence-electron chi connectivity index (χ2n) is 5.30. The number of benzene rings is 2. The molecule has 3 rings (SSSR count). The van der Waals surface area contributed by atoms with Crippen LogP contribution in [0.5, 0.6) is 0 Å². The number of rotatable bonds is 3. The molecule has 1 N–H and O–H groups in total. The summed E-state index contributed by atoms with van der Waals surface area (Å²) in [4.78, 5) is 37.7. The highest BCUT2D eigenvalue weighted by Crippen LogP contribution is 2.25. The number of nitrogens with one attached hydrogen (secondary N) is 1. The monoisotopic (exact) mass is 372 g/mol. The number of amides is 3. The Kier molecular flexibility index (Phi) is 4.00. The van der Waals surface area contributed by atoms with Crippen molar-refractivity contribution in [3.05, 3.63) is 63.6 Å². The van der Waals surface area contributed by atoms with Crippen molar-refractivity contribution in [2.24, 2.45) is 0 Å². The lowest BCUT2D eigenvalue weighted by molar-refractivity contribution is -0.116. The molecule has 23 heavy (non-hydrogen) atoms. The van der Waals surface area contributed by atoms with E-state index in [-0.39, 0.29) is 6.54 Å². The third-order valence-electron chi connectivity index (χ3n) is 3.54. The fraction of sp³-hybridized carbons (Fsp3) is 0.118. The number of hydrogen-bond donors (Lipinski definition) is 1. The SMILES string of the molecule is Cc1cccc(NC(=O)CN2C(=O)c3ccc(Br)cc3C2=O)c1. The molecular weight excluding hydrogens is 360 g/mol. The zero-order chi connectivity index (χ0) is 16.6. The first-order chi connectivity index (χ1) is 11.0. The van der Waals surface area contributed by atoms with Gasteiger partial charge in [-0.15, -0.1) is 0 Å². The molecule has 0 radical (unpaired) electrons. The molecule has 5 nitrogen and oxygen atoms in total. The van der Waals surface area contributed by atoms with Crippen LogP contribution in [0.2, 0.25) is 0 Å². The zero-order valence-electron chi connectivity index (χ0n) is 12.3. The summed E-state index contributed by atoms with van der Waals surface area (Å²) >= 11 is 3.27. The summed E-state index contributed by atoms with van der Waals surface area (Å²) in [6.45, 7) is 1.61. The average molecular weight is 373 g/mol. The van der Waals surface area contributed by atoms with Crippen LogP contribution in [0, 0.1) is 6.92 Å². The summed E-state index contributed by atoms with van der Waals surface area (Å²) in [5.41, 5.74) is 2.28. The van der Waals surface area contributed by atoms with Gasteiger partial charge in [0, 0.05) is 10.2 Å². The lowest BCUT2D eigenvalue weighted by Gasteiger charge is -2.13.